The molecule has 0 amide bonds. The molecular weight excluding hydrogens is 865 g/mol. The van der Waals surface area contributed by atoms with E-state index in [9.17, 15) is 61.0 Å². The lowest BCUT2D eigenvalue weighted by Gasteiger charge is -2.71. The van der Waals surface area contributed by atoms with Crippen LogP contribution in [0.1, 0.15) is 113 Å². The summed E-state index contributed by atoms with van der Waals surface area (Å²) in [4.78, 5) is 14.7. The van der Waals surface area contributed by atoms with Crippen molar-refractivity contribution in [2.24, 2.45) is 50.2 Å². The SMILES string of the molecule is C[C@H]1O[C@@H](OC[C@@H]2O[C@H](O[C@@H]3CC[C@@]4(C)[C@H](CC[C@]5(C)[C@@H]4CC=C4[C@@H]6CC(C)(C)CC[C@]6(C(=O)O[C@@H]6O[C@H](CO)[C@@H](O)[C@H](O)[C@@H]6O)CC[C@@]45C)[C@@]3(C)CO)[C@@H](O)[C@H](O)[C@H]2O)[C@H](O)[C@@H](O)[C@H]1O. The van der Waals surface area contributed by atoms with Gasteiger partial charge >= 0.3 is 5.97 Å². The van der Waals surface area contributed by atoms with Crippen molar-refractivity contribution in [2.45, 2.75) is 211 Å². The van der Waals surface area contributed by atoms with Gasteiger partial charge in [-0.05, 0) is 111 Å². The van der Waals surface area contributed by atoms with E-state index in [1.54, 1.807) is 0 Å². The summed E-state index contributed by atoms with van der Waals surface area (Å²) in [5.41, 5.74) is -1.33. The fraction of sp³-hybridized carbons (Fsp3) is 0.938. The summed E-state index contributed by atoms with van der Waals surface area (Å²) < 4.78 is 35.5. The molecule has 18 nitrogen and oxygen atoms in total. The van der Waals surface area contributed by atoms with E-state index in [0.29, 0.717) is 25.7 Å². The molecule has 66 heavy (non-hydrogen) atoms. The standard InChI is InChI=1S/C48H78O18/c1-22-30(51)33(54)36(57)39(62-22)61-20-26-32(53)35(56)37(58)40(64-26)65-29-11-12-44(4)27(45(29,5)21-50)10-13-47(7)28(44)9-8-23-24-18-43(2,3)14-16-48(24,17-15-46(23,47)6)42(60)66-41-38(59)34(55)31(52)25(19-49)63-41/h8,22,24-41,49-59H,9-21H2,1-7H3/t22-,24+,25-,26+,27+,28-,29-,30+,31-,32+,33+,34+,35-,36-,37+,38+,39-,40-,41+,44+,45-,46+,47-,48+/m1/s1. The summed E-state index contributed by atoms with van der Waals surface area (Å²) in [7, 11) is 0. The minimum absolute atomic E-state index is 0.0285. The van der Waals surface area contributed by atoms with E-state index in [1.165, 1.54) is 12.5 Å². The average molecular weight is 943 g/mol. The molecule has 0 aromatic heterocycles. The lowest BCUT2D eigenvalue weighted by molar-refractivity contribution is -0.346. The van der Waals surface area contributed by atoms with Gasteiger partial charge in [0.2, 0.25) is 6.29 Å². The molecule has 3 saturated heterocycles. The molecule has 7 fully saturated rings. The third-order valence-corrected chi connectivity index (χ3v) is 19.4. The Bertz CT molecular complexity index is 1800. The molecule has 8 aliphatic rings. The summed E-state index contributed by atoms with van der Waals surface area (Å²) in [5.74, 6) is -0.514. The topological polar surface area (TPSA) is 295 Å². The van der Waals surface area contributed by atoms with Crippen molar-refractivity contribution < 1.29 is 89.4 Å². The third kappa shape index (κ3) is 7.87. The van der Waals surface area contributed by atoms with E-state index in [-0.39, 0.29) is 46.0 Å². The molecule has 5 aliphatic carbocycles. The number of fused-ring (bicyclic) bond motifs is 7. The van der Waals surface area contributed by atoms with Gasteiger partial charge in [0.15, 0.2) is 12.6 Å². The predicted molar refractivity (Wildman–Crippen MR) is 230 cm³/mol. The second-order valence-electron chi connectivity index (χ2n) is 23.3. The van der Waals surface area contributed by atoms with Gasteiger partial charge in [-0.1, -0.05) is 53.2 Å². The number of ether oxygens (including phenoxy) is 6. The van der Waals surface area contributed by atoms with Crippen molar-refractivity contribution >= 4 is 5.97 Å². The number of allylic oxidation sites excluding steroid dienone is 2. The predicted octanol–water partition coefficient (Wildman–Crippen LogP) is 0.141. The number of carbonyl (C=O) groups is 1. The number of carbonyl (C=O) groups excluding carboxylic acids is 1. The summed E-state index contributed by atoms with van der Waals surface area (Å²) in [6.45, 7) is 13.8. The molecular formula is C48H78O18. The molecule has 3 heterocycles. The Kier molecular flexibility index (Phi) is 13.9. The minimum atomic E-state index is -1.70. The van der Waals surface area contributed by atoms with Gasteiger partial charge in [0.05, 0.1) is 37.4 Å². The highest BCUT2D eigenvalue weighted by atomic mass is 16.7. The summed E-state index contributed by atoms with van der Waals surface area (Å²) >= 11 is 0. The van der Waals surface area contributed by atoms with Gasteiger partial charge in [-0.25, -0.2) is 0 Å². The van der Waals surface area contributed by atoms with Gasteiger partial charge in [0, 0.05) is 5.41 Å². The highest BCUT2D eigenvalue weighted by molar-refractivity contribution is 5.79. The Balaban J connectivity index is 1.01. The molecule has 18 heteroatoms. The lowest BCUT2D eigenvalue weighted by Crippen LogP contribution is -2.67. The molecule has 0 spiro atoms. The maximum absolute atomic E-state index is 14.7. The number of aliphatic hydroxyl groups excluding tert-OH is 11. The van der Waals surface area contributed by atoms with Gasteiger partial charge in [-0.3, -0.25) is 4.79 Å². The first-order valence-corrected chi connectivity index (χ1v) is 24.3. The van der Waals surface area contributed by atoms with Crippen LogP contribution < -0.4 is 0 Å². The van der Waals surface area contributed by atoms with Crippen molar-refractivity contribution in [3.8, 4) is 0 Å². The minimum Gasteiger partial charge on any atom is -0.432 e. The van der Waals surface area contributed by atoms with E-state index < -0.39 is 128 Å². The number of rotatable bonds is 9. The average Bonchev–Trinajstić information content (AvgIpc) is 3.27. The van der Waals surface area contributed by atoms with Crippen LogP contribution >= 0.6 is 0 Å². The van der Waals surface area contributed by atoms with Crippen LogP contribution in [0.2, 0.25) is 0 Å². The molecule has 11 N–H and O–H groups in total. The van der Waals surface area contributed by atoms with Crippen molar-refractivity contribution in [3.05, 3.63) is 11.6 Å². The first-order valence-electron chi connectivity index (χ1n) is 24.3. The number of aliphatic hydroxyl groups is 11. The van der Waals surface area contributed by atoms with Gasteiger partial charge < -0.3 is 84.6 Å². The van der Waals surface area contributed by atoms with Crippen molar-refractivity contribution in [1.29, 1.82) is 0 Å². The van der Waals surface area contributed by atoms with Crippen molar-refractivity contribution in [2.75, 3.05) is 19.8 Å². The molecule has 24 atom stereocenters. The zero-order valence-corrected chi connectivity index (χ0v) is 39.5. The van der Waals surface area contributed by atoms with Crippen LogP contribution in [-0.4, -0.2) is 180 Å². The third-order valence-electron chi connectivity index (χ3n) is 19.4. The van der Waals surface area contributed by atoms with Gasteiger partial charge in [0.25, 0.3) is 0 Å². The fourth-order valence-electron chi connectivity index (χ4n) is 14.9. The van der Waals surface area contributed by atoms with Crippen LogP contribution in [-0.2, 0) is 33.2 Å². The first-order chi connectivity index (χ1) is 30.8. The largest absolute Gasteiger partial charge is 0.432 e. The Hall–Kier alpha value is -1.43. The molecule has 0 radical (unpaired) electrons. The van der Waals surface area contributed by atoms with Gasteiger partial charge in [0.1, 0.15) is 67.1 Å². The van der Waals surface area contributed by atoms with Crippen LogP contribution in [0.5, 0.6) is 0 Å². The fourth-order valence-corrected chi connectivity index (χ4v) is 14.9. The van der Waals surface area contributed by atoms with E-state index in [0.717, 1.165) is 38.5 Å². The molecule has 8 rings (SSSR count). The van der Waals surface area contributed by atoms with Crippen LogP contribution in [0.4, 0.5) is 0 Å². The molecule has 0 unspecified atom stereocenters. The first kappa shape index (κ1) is 50.9. The second kappa shape index (κ2) is 18.0. The maximum Gasteiger partial charge on any atom is 0.315 e. The summed E-state index contributed by atoms with van der Waals surface area (Å²) in [6, 6.07) is 0. The monoisotopic (exact) mass is 943 g/mol. The maximum atomic E-state index is 14.7. The molecule has 0 bridgehead atoms. The van der Waals surface area contributed by atoms with E-state index >= 15 is 0 Å². The highest BCUT2D eigenvalue weighted by Crippen LogP contribution is 2.76. The van der Waals surface area contributed by atoms with Crippen molar-refractivity contribution in [1.82, 2.24) is 0 Å². The van der Waals surface area contributed by atoms with Crippen LogP contribution in [0.15, 0.2) is 11.6 Å². The van der Waals surface area contributed by atoms with Crippen LogP contribution in [0, 0.1) is 50.2 Å². The van der Waals surface area contributed by atoms with Crippen LogP contribution in [0.25, 0.3) is 0 Å². The quantitative estimate of drug-likeness (QED) is 0.0833. The Morgan fingerprint density at radius 3 is 1.94 bits per heavy atom. The number of hydrogen-bond donors (Lipinski definition) is 11. The molecule has 3 aliphatic heterocycles. The molecule has 0 aromatic rings. The van der Waals surface area contributed by atoms with E-state index in [4.69, 9.17) is 28.4 Å². The number of hydrogen-bond acceptors (Lipinski definition) is 18. The highest BCUT2D eigenvalue weighted by Gasteiger charge is 2.70. The van der Waals surface area contributed by atoms with E-state index in [1.807, 2.05) is 6.92 Å². The Labute approximate surface area is 387 Å². The van der Waals surface area contributed by atoms with Gasteiger partial charge in [-0.2, -0.15) is 0 Å². The normalized spacial score (nSPS) is 54.8. The number of esters is 1. The summed E-state index contributed by atoms with van der Waals surface area (Å²) in [6.07, 6.45) is -13.3. The van der Waals surface area contributed by atoms with Gasteiger partial charge in [-0.15, -0.1) is 0 Å². The Morgan fingerprint density at radius 2 is 1.27 bits per heavy atom. The summed E-state index contributed by atoms with van der Waals surface area (Å²) in [5, 5.41) is 117. The Morgan fingerprint density at radius 1 is 0.667 bits per heavy atom. The van der Waals surface area contributed by atoms with Crippen LogP contribution in [0.3, 0.4) is 0 Å². The molecule has 378 valence electrons. The second-order valence-corrected chi connectivity index (χ2v) is 23.3. The lowest BCUT2D eigenvalue weighted by atomic mass is 9.33. The zero-order chi connectivity index (χ0) is 48.3. The van der Waals surface area contributed by atoms with E-state index in [2.05, 4.69) is 40.7 Å². The smallest absolute Gasteiger partial charge is 0.315 e. The molecule has 4 saturated carbocycles. The zero-order valence-electron chi connectivity index (χ0n) is 39.5. The molecule has 0 aromatic carbocycles. The van der Waals surface area contributed by atoms with Crippen molar-refractivity contribution in [3.63, 3.8) is 0 Å².